The number of hydrogen-bond donors (Lipinski definition) is 3. The molecule has 3 heterocycles. The van der Waals surface area contributed by atoms with Crippen molar-refractivity contribution in [3.8, 4) is 0 Å². The highest BCUT2D eigenvalue weighted by atomic mass is 16.5. The van der Waals surface area contributed by atoms with Crippen molar-refractivity contribution >= 4 is 40.5 Å². The average Bonchev–Trinajstić information content (AvgIpc) is 3.30. The van der Waals surface area contributed by atoms with Crippen molar-refractivity contribution in [3.05, 3.63) is 77.1 Å². The molecule has 2 aromatic heterocycles. The number of ether oxygens (including phenoxy) is 2. The van der Waals surface area contributed by atoms with Gasteiger partial charge in [0, 0.05) is 34.6 Å². The van der Waals surface area contributed by atoms with Gasteiger partial charge in [0.05, 0.1) is 6.61 Å². The number of carbonyl (C=O) groups excluding carboxylic acids is 3. The Labute approximate surface area is 176 Å². The number of ketones is 1. The standard InChI is InChI=1S/C22H18N4O5/c1-2-30-22(29)17-18(27)16(10-13-11-25-20-15(13)4-3-9-24-20)31-21(17)26-14-7-5-12(6-8-14)19(23)28/h3-11,26H,2H2,1H3,(H2,23,28)(H,24,25). The number of H-pyrrole nitrogens is 1. The summed E-state index contributed by atoms with van der Waals surface area (Å²) < 4.78 is 10.7. The lowest BCUT2D eigenvalue weighted by Crippen LogP contribution is -2.16. The van der Waals surface area contributed by atoms with Crippen molar-refractivity contribution in [3.63, 3.8) is 0 Å². The first-order valence-corrected chi connectivity index (χ1v) is 9.42. The molecule has 0 aliphatic carbocycles. The fraction of sp³-hybridized carbons (Fsp3) is 0.0909. The van der Waals surface area contributed by atoms with E-state index in [0.717, 1.165) is 5.39 Å². The van der Waals surface area contributed by atoms with Crippen molar-refractivity contribution < 1.29 is 23.9 Å². The van der Waals surface area contributed by atoms with Gasteiger partial charge in [-0.2, -0.15) is 0 Å². The number of allylic oxidation sites excluding steroid dienone is 1. The van der Waals surface area contributed by atoms with E-state index in [1.54, 1.807) is 37.5 Å². The topological polar surface area (TPSA) is 136 Å². The summed E-state index contributed by atoms with van der Waals surface area (Å²) in [5.41, 5.74) is 7.16. The number of esters is 1. The van der Waals surface area contributed by atoms with E-state index in [0.29, 0.717) is 22.5 Å². The van der Waals surface area contributed by atoms with Gasteiger partial charge in [-0.1, -0.05) is 0 Å². The molecule has 0 spiro atoms. The number of aromatic nitrogens is 2. The van der Waals surface area contributed by atoms with Crippen LogP contribution in [0.1, 0.15) is 22.8 Å². The lowest BCUT2D eigenvalue weighted by molar-refractivity contribution is -0.139. The molecule has 0 bridgehead atoms. The van der Waals surface area contributed by atoms with Crippen LogP contribution < -0.4 is 11.1 Å². The average molecular weight is 418 g/mol. The van der Waals surface area contributed by atoms with Crippen LogP contribution in [0.4, 0.5) is 5.69 Å². The third kappa shape index (κ3) is 3.88. The number of nitrogens with one attached hydrogen (secondary N) is 2. The Balaban J connectivity index is 1.68. The van der Waals surface area contributed by atoms with Gasteiger partial charge in [0.1, 0.15) is 5.65 Å². The summed E-state index contributed by atoms with van der Waals surface area (Å²) in [5.74, 6) is -2.06. The van der Waals surface area contributed by atoms with Gasteiger partial charge in [-0.15, -0.1) is 0 Å². The number of rotatable bonds is 6. The molecule has 4 N–H and O–H groups in total. The molecule has 1 aliphatic rings. The second kappa shape index (κ2) is 8.15. The van der Waals surface area contributed by atoms with E-state index in [9.17, 15) is 14.4 Å². The largest absolute Gasteiger partial charge is 0.462 e. The number of pyridine rings is 1. The summed E-state index contributed by atoms with van der Waals surface area (Å²) in [6, 6.07) is 9.82. The number of nitrogens with two attached hydrogens (primary N) is 1. The van der Waals surface area contributed by atoms with Gasteiger partial charge in [-0.05, 0) is 49.4 Å². The maximum absolute atomic E-state index is 12.9. The number of hydrogen-bond acceptors (Lipinski definition) is 7. The van der Waals surface area contributed by atoms with E-state index in [1.165, 1.54) is 18.2 Å². The van der Waals surface area contributed by atoms with E-state index in [4.69, 9.17) is 15.2 Å². The second-order valence-corrected chi connectivity index (χ2v) is 6.57. The molecule has 0 radical (unpaired) electrons. The monoisotopic (exact) mass is 418 g/mol. The first-order chi connectivity index (χ1) is 15.0. The third-order valence-electron chi connectivity index (χ3n) is 4.57. The SMILES string of the molecule is CCOC(=O)C1=C(Nc2ccc(C(N)=O)cc2)OC(=Cc2c[nH]c3ncccc23)C1=O. The van der Waals surface area contributed by atoms with Crippen molar-refractivity contribution in [2.75, 3.05) is 11.9 Å². The minimum absolute atomic E-state index is 0.0379. The highest BCUT2D eigenvalue weighted by Gasteiger charge is 2.37. The number of primary amides is 1. The Bertz CT molecular complexity index is 1250. The summed E-state index contributed by atoms with van der Waals surface area (Å²) in [6.07, 6.45) is 4.88. The molecule has 0 saturated heterocycles. The summed E-state index contributed by atoms with van der Waals surface area (Å²) in [5, 5.41) is 3.69. The van der Waals surface area contributed by atoms with Crippen LogP contribution in [-0.2, 0) is 19.1 Å². The van der Waals surface area contributed by atoms with Gasteiger partial charge in [0.25, 0.3) is 0 Å². The fourth-order valence-corrected chi connectivity index (χ4v) is 3.09. The zero-order valence-corrected chi connectivity index (χ0v) is 16.5. The summed E-state index contributed by atoms with van der Waals surface area (Å²) in [4.78, 5) is 43.9. The fourth-order valence-electron chi connectivity index (χ4n) is 3.09. The maximum atomic E-state index is 12.9. The zero-order valence-electron chi connectivity index (χ0n) is 16.5. The van der Waals surface area contributed by atoms with Crippen molar-refractivity contribution in [2.45, 2.75) is 6.92 Å². The third-order valence-corrected chi connectivity index (χ3v) is 4.57. The normalized spacial score (nSPS) is 14.7. The van der Waals surface area contributed by atoms with Crippen LogP contribution in [0.25, 0.3) is 17.1 Å². The smallest absolute Gasteiger partial charge is 0.347 e. The minimum Gasteiger partial charge on any atom is -0.462 e. The summed E-state index contributed by atoms with van der Waals surface area (Å²) in [7, 11) is 0. The van der Waals surface area contributed by atoms with Gasteiger partial charge in [-0.25, -0.2) is 9.78 Å². The van der Waals surface area contributed by atoms with Gasteiger partial charge >= 0.3 is 5.97 Å². The number of aromatic amines is 1. The second-order valence-electron chi connectivity index (χ2n) is 6.57. The van der Waals surface area contributed by atoms with E-state index in [-0.39, 0.29) is 23.8 Å². The maximum Gasteiger partial charge on any atom is 0.347 e. The molecule has 0 unspecified atom stereocenters. The van der Waals surface area contributed by atoms with Crippen LogP contribution in [0.5, 0.6) is 0 Å². The van der Waals surface area contributed by atoms with Crippen LogP contribution in [0.2, 0.25) is 0 Å². The molecule has 4 rings (SSSR count). The predicted molar refractivity (Wildman–Crippen MR) is 112 cm³/mol. The number of nitrogens with zero attached hydrogens (tertiary/aromatic N) is 1. The molecule has 0 fully saturated rings. The van der Waals surface area contributed by atoms with E-state index >= 15 is 0 Å². The van der Waals surface area contributed by atoms with Crippen molar-refractivity contribution in [1.82, 2.24) is 9.97 Å². The van der Waals surface area contributed by atoms with Crippen LogP contribution in [-0.4, -0.2) is 34.2 Å². The first kappa shape index (κ1) is 19.9. The molecular formula is C22H18N4O5. The zero-order chi connectivity index (χ0) is 22.0. The van der Waals surface area contributed by atoms with E-state index in [2.05, 4.69) is 15.3 Å². The predicted octanol–water partition coefficient (Wildman–Crippen LogP) is 2.49. The van der Waals surface area contributed by atoms with Crippen LogP contribution in [0.3, 0.4) is 0 Å². The lowest BCUT2D eigenvalue weighted by atomic mass is 10.1. The molecule has 156 valence electrons. The summed E-state index contributed by atoms with van der Waals surface area (Å²) in [6.45, 7) is 1.74. The molecule has 9 heteroatoms. The first-order valence-electron chi connectivity index (χ1n) is 9.42. The molecule has 3 aromatic rings. The van der Waals surface area contributed by atoms with E-state index in [1.807, 2.05) is 6.07 Å². The minimum atomic E-state index is -0.798. The quantitative estimate of drug-likeness (QED) is 0.318. The Hall–Kier alpha value is -4.40. The van der Waals surface area contributed by atoms with E-state index < -0.39 is 17.7 Å². The van der Waals surface area contributed by atoms with Crippen LogP contribution >= 0.6 is 0 Å². The van der Waals surface area contributed by atoms with Crippen LogP contribution in [0, 0.1) is 0 Å². The Kier molecular flexibility index (Phi) is 5.23. The Morgan fingerprint density at radius 1 is 1.26 bits per heavy atom. The molecule has 1 aliphatic heterocycles. The molecule has 31 heavy (non-hydrogen) atoms. The number of anilines is 1. The summed E-state index contributed by atoms with van der Waals surface area (Å²) >= 11 is 0. The highest BCUT2D eigenvalue weighted by Crippen LogP contribution is 2.30. The van der Waals surface area contributed by atoms with Gasteiger partial charge < -0.3 is 25.5 Å². The number of Topliss-reactive ketones (excluding diaryl/α,β-unsaturated/α-hetero) is 1. The van der Waals surface area contributed by atoms with Gasteiger partial charge in [0.2, 0.25) is 17.6 Å². The van der Waals surface area contributed by atoms with Crippen molar-refractivity contribution in [2.24, 2.45) is 5.73 Å². The lowest BCUT2D eigenvalue weighted by Gasteiger charge is -2.09. The number of carbonyl (C=O) groups is 3. The van der Waals surface area contributed by atoms with Crippen LogP contribution in [0.15, 0.2) is 66.0 Å². The molecule has 9 nitrogen and oxygen atoms in total. The Morgan fingerprint density at radius 2 is 2.03 bits per heavy atom. The molecule has 1 amide bonds. The molecule has 1 aromatic carbocycles. The number of fused-ring (bicyclic) bond motifs is 1. The number of benzene rings is 1. The molecular weight excluding hydrogens is 400 g/mol. The van der Waals surface area contributed by atoms with Gasteiger partial charge in [-0.3, -0.25) is 9.59 Å². The van der Waals surface area contributed by atoms with Gasteiger partial charge in [0.15, 0.2) is 11.3 Å². The molecule has 0 saturated carbocycles. The number of amides is 1. The van der Waals surface area contributed by atoms with Crippen molar-refractivity contribution in [1.29, 1.82) is 0 Å². The Morgan fingerprint density at radius 3 is 2.74 bits per heavy atom. The molecule has 0 atom stereocenters. The highest BCUT2D eigenvalue weighted by molar-refractivity contribution is 6.26.